The Morgan fingerprint density at radius 2 is 2.42 bits per heavy atom. The maximum absolute atomic E-state index is 8.84. The summed E-state index contributed by atoms with van der Waals surface area (Å²) in [5, 5.41) is 12.4. The van der Waals surface area contributed by atoms with Crippen LogP contribution in [-0.4, -0.2) is 19.8 Å². The normalized spacial score (nSPS) is 18.9. The van der Waals surface area contributed by atoms with Gasteiger partial charge >= 0.3 is 0 Å². The number of rotatable bonds is 5. The molecule has 4 heteroatoms. The Hall–Kier alpha value is -1.73. The molecule has 102 valence electrons. The van der Waals surface area contributed by atoms with E-state index >= 15 is 0 Å². The fraction of sp³-hybridized carbons (Fsp3) is 0.533. The van der Waals surface area contributed by atoms with E-state index in [1.165, 1.54) is 0 Å². The molecule has 0 spiro atoms. The number of ether oxygens (including phenoxy) is 2. The van der Waals surface area contributed by atoms with E-state index < -0.39 is 0 Å². The van der Waals surface area contributed by atoms with Crippen LogP contribution in [-0.2, 0) is 0 Å². The summed E-state index contributed by atoms with van der Waals surface area (Å²) in [6, 6.07) is 8.58. The number of nitriles is 1. The molecule has 2 atom stereocenters. The van der Waals surface area contributed by atoms with E-state index in [2.05, 4.69) is 18.3 Å². The highest BCUT2D eigenvalue weighted by Gasteiger charge is 2.23. The van der Waals surface area contributed by atoms with E-state index in [0.717, 1.165) is 29.9 Å². The van der Waals surface area contributed by atoms with Gasteiger partial charge in [-0.3, -0.25) is 0 Å². The Bertz CT molecular complexity index is 468. The van der Waals surface area contributed by atoms with E-state index in [0.29, 0.717) is 13.0 Å². The van der Waals surface area contributed by atoms with Crippen molar-refractivity contribution in [3.05, 3.63) is 23.8 Å². The summed E-state index contributed by atoms with van der Waals surface area (Å²) < 4.78 is 10.9. The molecule has 1 heterocycles. The van der Waals surface area contributed by atoms with Crippen LogP contribution in [0.3, 0.4) is 0 Å². The lowest BCUT2D eigenvalue weighted by molar-refractivity contribution is 0.242. The van der Waals surface area contributed by atoms with Gasteiger partial charge in [0.1, 0.15) is 11.5 Å². The number of methoxy groups -OCH3 is 1. The SMILES string of the molecule is CCC(CC#N)NC1CCOc2ccc(OC)cc21. The Labute approximate surface area is 114 Å². The number of hydrogen-bond acceptors (Lipinski definition) is 4. The topological polar surface area (TPSA) is 54.3 Å². The highest BCUT2D eigenvalue weighted by atomic mass is 16.5. The second kappa shape index (κ2) is 6.44. The summed E-state index contributed by atoms with van der Waals surface area (Å²) in [5.41, 5.74) is 1.13. The average molecular weight is 260 g/mol. The molecule has 4 nitrogen and oxygen atoms in total. The van der Waals surface area contributed by atoms with Crippen molar-refractivity contribution in [1.82, 2.24) is 5.32 Å². The van der Waals surface area contributed by atoms with Crippen molar-refractivity contribution in [3.8, 4) is 17.6 Å². The third-order valence-electron chi connectivity index (χ3n) is 3.52. The molecule has 0 aliphatic carbocycles. The van der Waals surface area contributed by atoms with E-state index in [4.69, 9.17) is 14.7 Å². The first-order chi connectivity index (χ1) is 9.28. The second-order valence-electron chi connectivity index (χ2n) is 4.73. The fourth-order valence-electron chi connectivity index (χ4n) is 2.39. The molecule has 2 rings (SSSR count). The lowest BCUT2D eigenvalue weighted by Crippen LogP contribution is -2.35. The van der Waals surface area contributed by atoms with Crippen LogP contribution in [0.1, 0.15) is 37.8 Å². The zero-order valence-electron chi connectivity index (χ0n) is 11.5. The highest BCUT2D eigenvalue weighted by molar-refractivity contribution is 5.43. The van der Waals surface area contributed by atoms with Crippen LogP contribution in [0.25, 0.3) is 0 Å². The van der Waals surface area contributed by atoms with Gasteiger partial charge in [0, 0.05) is 24.1 Å². The molecule has 0 aromatic heterocycles. The van der Waals surface area contributed by atoms with Crippen LogP contribution in [0.2, 0.25) is 0 Å². The molecule has 1 aliphatic rings. The van der Waals surface area contributed by atoms with Gasteiger partial charge in [-0.15, -0.1) is 0 Å². The summed E-state index contributed by atoms with van der Waals surface area (Å²) >= 11 is 0. The van der Waals surface area contributed by atoms with Crippen molar-refractivity contribution in [2.75, 3.05) is 13.7 Å². The Kier molecular flexibility index (Phi) is 4.64. The van der Waals surface area contributed by atoms with Crippen molar-refractivity contribution in [2.24, 2.45) is 0 Å². The number of benzene rings is 1. The molecule has 1 aromatic rings. The van der Waals surface area contributed by atoms with Crippen LogP contribution in [0, 0.1) is 11.3 Å². The van der Waals surface area contributed by atoms with Gasteiger partial charge in [0.2, 0.25) is 0 Å². The monoisotopic (exact) mass is 260 g/mol. The third-order valence-corrected chi connectivity index (χ3v) is 3.52. The smallest absolute Gasteiger partial charge is 0.124 e. The number of nitrogens with one attached hydrogen (secondary N) is 1. The van der Waals surface area contributed by atoms with Crippen molar-refractivity contribution in [1.29, 1.82) is 5.26 Å². The molecule has 0 bridgehead atoms. The van der Waals surface area contributed by atoms with Crippen LogP contribution in [0.5, 0.6) is 11.5 Å². The lowest BCUT2D eigenvalue weighted by atomic mass is 9.98. The van der Waals surface area contributed by atoms with Gasteiger partial charge in [-0.05, 0) is 24.6 Å². The standard InChI is InChI=1S/C15H20N2O2/c1-3-11(6-8-16)17-14-7-9-19-15-5-4-12(18-2)10-13(14)15/h4-5,10-11,14,17H,3,6-7,9H2,1-2H3. The predicted molar refractivity (Wildman–Crippen MR) is 73.3 cm³/mol. The first kappa shape index (κ1) is 13.7. The molecule has 0 amide bonds. The van der Waals surface area contributed by atoms with Gasteiger partial charge in [0.15, 0.2) is 0 Å². The average Bonchev–Trinajstić information content (AvgIpc) is 2.46. The zero-order valence-corrected chi connectivity index (χ0v) is 11.5. The Morgan fingerprint density at radius 3 is 3.11 bits per heavy atom. The van der Waals surface area contributed by atoms with Gasteiger partial charge in [-0.2, -0.15) is 5.26 Å². The number of fused-ring (bicyclic) bond motifs is 1. The molecule has 19 heavy (non-hydrogen) atoms. The predicted octanol–water partition coefficient (Wildman–Crippen LogP) is 2.80. The van der Waals surface area contributed by atoms with E-state index in [9.17, 15) is 0 Å². The van der Waals surface area contributed by atoms with Crippen LogP contribution in [0.15, 0.2) is 18.2 Å². The van der Waals surface area contributed by atoms with Crippen LogP contribution < -0.4 is 14.8 Å². The summed E-state index contributed by atoms with van der Waals surface area (Å²) in [6.07, 6.45) is 2.40. The maximum atomic E-state index is 8.84. The molecule has 2 unspecified atom stereocenters. The molecule has 1 N–H and O–H groups in total. The Morgan fingerprint density at radius 1 is 1.58 bits per heavy atom. The van der Waals surface area contributed by atoms with Gasteiger partial charge in [0.05, 0.1) is 26.2 Å². The quantitative estimate of drug-likeness (QED) is 0.884. The van der Waals surface area contributed by atoms with Gasteiger partial charge in [-0.1, -0.05) is 6.92 Å². The van der Waals surface area contributed by atoms with Crippen molar-refractivity contribution < 1.29 is 9.47 Å². The maximum Gasteiger partial charge on any atom is 0.124 e. The minimum absolute atomic E-state index is 0.229. The molecular weight excluding hydrogens is 240 g/mol. The van der Waals surface area contributed by atoms with Crippen molar-refractivity contribution >= 4 is 0 Å². The van der Waals surface area contributed by atoms with E-state index in [-0.39, 0.29) is 12.1 Å². The van der Waals surface area contributed by atoms with Crippen LogP contribution in [0.4, 0.5) is 0 Å². The molecule has 0 radical (unpaired) electrons. The van der Waals surface area contributed by atoms with Gasteiger partial charge < -0.3 is 14.8 Å². The first-order valence-corrected chi connectivity index (χ1v) is 6.72. The van der Waals surface area contributed by atoms with Crippen molar-refractivity contribution in [2.45, 2.75) is 38.3 Å². The molecule has 1 aromatic carbocycles. The zero-order chi connectivity index (χ0) is 13.7. The Balaban J connectivity index is 2.18. The van der Waals surface area contributed by atoms with Crippen LogP contribution >= 0.6 is 0 Å². The van der Waals surface area contributed by atoms with E-state index in [1.54, 1.807) is 7.11 Å². The van der Waals surface area contributed by atoms with Gasteiger partial charge in [-0.25, -0.2) is 0 Å². The van der Waals surface area contributed by atoms with E-state index in [1.807, 2.05) is 18.2 Å². The number of nitrogens with zero attached hydrogens (tertiary/aromatic N) is 1. The first-order valence-electron chi connectivity index (χ1n) is 6.72. The molecular formula is C15H20N2O2. The minimum Gasteiger partial charge on any atom is -0.497 e. The molecule has 0 fully saturated rings. The highest BCUT2D eigenvalue weighted by Crippen LogP contribution is 2.35. The summed E-state index contributed by atoms with van der Waals surface area (Å²) in [5.74, 6) is 1.75. The van der Waals surface area contributed by atoms with Gasteiger partial charge in [0.25, 0.3) is 0 Å². The lowest BCUT2D eigenvalue weighted by Gasteiger charge is -2.30. The second-order valence-corrected chi connectivity index (χ2v) is 4.73. The molecule has 0 saturated carbocycles. The third kappa shape index (κ3) is 3.18. The minimum atomic E-state index is 0.229. The summed E-state index contributed by atoms with van der Waals surface area (Å²) in [4.78, 5) is 0. The molecule has 1 aliphatic heterocycles. The summed E-state index contributed by atoms with van der Waals surface area (Å²) in [7, 11) is 1.67. The molecule has 0 saturated heterocycles. The van der Waals surface area contributed by atoms with Crippen molar-refractivity contribution in [3.63, 3.8) is 0 Å². The number of hydrogen-bond donors (Lipinski definition) is 1. The fourth-order valence-corrected chi connectivity index (χ4v) is 2.39. The summed E-state index contributed by atoms with van der Waals surface area (Å²) in [6.45, 7) is 2.81. The largest absolute Gasteiger partial charge is 0.497 e.